The van der Waals surface area contributed by atoms with Crippen LogP contribution in [0.5, 0.6) is 0 Å². The van der Waals surface area contributed by atoms with E-state index >= 15 is 0 Å². The van der Waals surface area contributed by atoms with E-state index in [1.807, 2.05) is 0 Å². The summed E-state index contributed by atoms with van der Waals surface area (Å²) in [5, 5.41) is 2.58. The van der Waals surface area contributed by atoms with Crippen LogP contribution >= 0.6 is 0 Å². The van der Waals surface area contributed by atoms with Gasteiger partial charge in [0.05, 0.1) is 5.56 Å². The van der Waals surface area contributed by atoms with Gasteiger partial charge in [-0.15, -0.1) is 0 Å². The Morgan fingerprint density at radius 2 is 1.87 bits per heavy atom. The Bertz CT molecular complexity index is 714. The van der Waals surface area contributed by atoms with Crippen LogP contribution in [0, 0.1) is 12.7 Å². The molecule has 0 atom stereocenters. The van der Waals surface area contributed by atoms with E-state index in [4.69, 9.17) is 10.5 Å². The fourth-order valence-corrected chi connectivity index (χ4v) is 1.92. The standard InChI is InChI=1S/C17H17FN2O3/c1-11-3-2-4-14(16(11)19)17(22)23-10-15(21)20-9-12-5-7-13(18)8-6-12/h2-8H,9-10,19H2,1H3,(H,20,21). The fourth-order valence-electron chi connectivity index (χ4n) is 1.92. The maximum atomic E-state index is 12.8. The van der Waals surface area contributed by atoms with E-state index in [0.717, 1.165) is 11.1 Å². The van der Waals surface area contributed by atoms with Gasteiger partial charge in [-0.2, -0.15) is 0 Å². The van der Waals surface area contributed by atoms with Crippen molar-refractivity contribution in [3.8, 4) is 0 Å². The minimum atomic E-state index is -0.650. The molecular formula is C17H17FN2O3. The first kappa shape index (κ1) is 16.5. The third kappa shape index (κ3) is 4.54. The zero-order chi connectivity index (χ0) is 16.8. The average molecular weight is 316 g/mol. The highest BCUT2D eigenvalue weighted by Crippen LogP contribution is 2.17. The van der Waals surface area contributed by atoms with Crippen molar-refractivity contribution in [1.29, 1.82) is 0 Å². The molecule has 1 amide bonds. The second-order valence-corrected chi connectivity index (χ2v) is 5.02. The molecule has 0 unspecified atom stereocenters. The Labute approximate surface area is 133 Å². The number of anilines is 1. The van der Waals surface area contributed by atoms with E-state index in [1.54, 1.807) is 37.3 Å². The minimum absolute atomic E-state index is 0.225. The highest BCUT2D eigenvalue weighted by atomic mass is 19.1. The van der Waals surface area contributed by atoms with Crippen molar-refractivity contribution in [1.82, 2.24) is 5.32 Å². The highest BCUT2D eigenvalue weighted by molar-refractivity contribution is 5.96. The van der Waals surface area contributed by atoms with Crippen LogP contribution in [-0.2, 0) is 16.1 Å². The van der Waals surface area contributed by atoms with Gasteiger partial charge in [-0.3, -0.25) is 4.79 Å². The van der Waals surface area contributed by atoms with E-state index in [0.29, 0.717) is 5.69 Å². The Hall–Kier alpha value is -2.89. The monoisotopic (exact) mass is 316 g/mol. The first-order valence-electron chi connectivity index (χ1n) is 7.00. The largest absolute Gasteiger partial charge is 0.452 e. The van der Waals surface area contributed by atoms with Crippen molar-refractivity contribution >= 4 is 17.6 Å². The third-order valence-electron chi connectivity index (χ3n) is 3.28. The molecule has 0 bridgehead atoms. The number of halogens is 1. The maximum Gasteiger partial charge on any atom is 0.340 e. The van der Waals surface area contributed by atoms with Crippen molar-refractivity contribution in [2.75, 3.05) is 12.3 Å². The number of esters is 1. The molecule has 23 heavy (non-hydrogen) atoms. The van der Waals surface area contributed by atoms with Gasteiger partial charge in [0.15, 0.2) is 6.61 Å². The molecule has 0 fully saturated rings. The van der Waals surface area contributed by atoms with Gasteiger partial charge in [-0.1, -0.05) is 24.3 Å². The van der Waals surface area contributed by atoms with Gasteiger partial charge in [0, 0.05) is 12.2 Å². The van der Waals surface area contributed by atoms with Crippen molar-refractivity contribution in [3.63, 3.8) is 0 Å². The Balaban J connectivity index is 1.83. The molecule has 0 radical (unpaired) electrons. The number of hydrogen-bond donors (Lipinski definition) is 2. The zero-order valence-corrected chi connectivity index (χ0v) is 12.6. The number of nitrogen functional groups attached to an aromatic ring is 1. The number of aryl methyl sites for hydroxylation is 1. The predicted molar refractivity (Wildman–Crippen MR) is 84.1 cm³/mol. The summed E-state index contributed by atoms with van der Waals surface area (Å²) in [4.78, 5) is 23.6. The summed E-state index contributed by atoms with van der Waals surface area (Å²) in [5.41, 5.74) is 7.88. The molecule has 0 saturated heterocycles. The quantitative estimate of drug-likeness (QED) is 0.654. The summed E-state index contributed by atoms with van der Waals surface area (Å²) in [5.74, 6) is -1.44. The lowest BCUT2D eigenvalue weighted by molar-refractivity contribution is -0.124. The number of benzene rings is 2. The SMILES string of the molecule is Cc1cccc(C(=O)OCC(=O)NCc2ccc(F)cc2)c1N. The number of ether oxygens (including phenoxy) is 1. The van der Waals surface area contributed by atoms with Gasteiger partial charge in [-0.25, -0.2) is 9.18 Å². The zero-order valence-electron chi connectivity index (χ0n) is 12.6. The van der Waals surface area contributed by atoms with Gasteiger partial charge in [0.2, 0.25) is 0 Å². The highest BCUT2D eigenvalue weighted by Gasteiger charge is 2.14. The summed E-state index contributed by atoms with van der Waals surface area (Å²) in [7, 11) is 0. The van der Waals surface area contributed by atoms with E-state index in [9.17, 15) is 14.0 Å². The first-order valence-corrected chi connectivity index (χ1v) is 7.00. The van der Waals surface area contributed by atoms with E-state index < -0.39 is 18.5 Å². The van der Waals surface area contributed by atoms with Crippen molar-refractivity contribution < 1.29 is 18.7 Å². The average Bonchev–Trinajstić information content (AvgIpc) is 2.54. The van der Waals surface area contributed by atoms with Crippen LogP contribution in [0.3, 0.4) is 0 Å². The molecule has 3 N–H and O–H groups in total. The number of nitrogens with one attached hydrogen (secondary N) is 1. The Morgan fingerprint density at radius 1 is 1.17 bits per heavy atom. The van der Waals surface area contributed by atoms with E-state index in [1.165, 1.54) is 12.1 Å². The lowest BCUT2D eigenvalue weighted by atomic mass is 10.1. The number of amides is 1. The molecule has 0 aliphatic rings. The Morgan fingerprint density at radius 3 is 2.57 bits per heavy atom. The number of nitrogens with two attached hydrogens (primary N) is 1. The van der Waals surface area contributed by atoms with Crippen LogP contribution in [0.1, 0.15) is 21.5 Å². The molecule has 0 saturated carbocycles. The minimum Gasteiger partial charge on any atom is -0.452 e. The lowest BCUT2D eigenvalue weighted by Crippen LogP contribution is -2.28. The fraction of sp³-hybridized carbons (Fsp3) is 0.176. The van der Waals surface area contributed by atoms with Crippen LogP contribution in [0.2, 0.25) is 0 Å². The summed E-state index contributed by atoms with van der Waals surface area (Å²) < 4.78 is 17.7. The smallest absolute Gasteiger partial charge is 0.340 e. The summed E-state index contributed by atoms with van der Waals surface area (Å²) in [6, 6.07) is 10.8. The first-order chi connectivity index (χ1) is 11.0. The van der Waals surface area contributed by atoms with Gasteiger partial charge in [0.1, 0.15) is 5.82 Å². The number of carbonyl (C=O) groups is 2. The van der Waals surface area contributed by atoms with Crippen molar-refractivity contribution in [2.45, 2.75) is 13.5 Å². The lowest BCUT2D eigenvalue weighted by Gasteiger charge is -2.09. The Kier molecular flexibility index (Phi) is 5.30. The number of rotatable bonds is 5. The molecule has 2 aromatic carbocycles. The van der Waals surface area contributed by atoms with Crippen LogP contribution in [0.15, 0.2) is 42.5 Å². The molecule has 5 nitrogen and oxygen atoms in total. The predicted octanol–water partition coefficient (Wildman–Crippen LogP) is 2.19. The second kappa shape index (κ2) is 7.40. The number of para-hydroxylation sites is 1. The van der Waals surface area contributed by atoms with Gasteiger partial charge in [0.25, 0.3) is 5.91 Å². The van der Waals surface area contributed by atoms with Crippen molar-refractivity contribution in [3.05, 3.63) is 65.0 Å². The summed E-state index contributed by atoms with van der Waals surface area (Å²) >= 11 is 0. The molecule has 0 spiro atoms. The molecule has 6 heteroatoms. The molecule has 2 aromatic rings. The summed E-state index contributed by atoms with van der Waals surface area (Å²) in [6.45, 7) is 1.60. The number of hydrogen-bond acceptors (Lipinski definition) is 4. The molecule has 2 rings (SSSR count). The van der Waals surface area contributed by atoms with E-state index in [-0.39, 0.29) is 17.9 Å². The summed E-state index contributed by atoms with van der Waals surface area (Å²) in [6.07, 6.45) is 0. The normalized spacial score (nSPS) is 10.2. The molecule has 0 aliphatic carbocycles. The van der Waals surface area contributed by atoms with Crippen LogP contribution in [0.4, 0.5) is 10.1 Å². The molecule has 0 aliphatic heterocycles. The van der Waals surface area contributed by atoms with Crippen molar-refractivity contribution in [2.24, 2.45) is 0 Å². The van der Waals surface area contributed by atoms with Crippen LogP contribution in [0.25, 0.3) is 0 Å². The molecule has 120 valence electrons. The van der Waals surface area contributed by atoms with Crippen LogP contribution in [-0.4, -0.2) is 18.5 Å². The van der Waals surface area contributed by atoms with Gasteiger partial charge < -0.3 is 15.8 Å². The van der Waals surface area contributed by atoms with Crippen LogP contribution < -0.4 is 11.1 Å². The molecule has 0 heterocycles. The van der Waals surface area contributed by atoms with Gasteiger partial charge >= 0.3 is 5.97 Å². The van der Waals surface area contributed by atoms with E-state index in [2.05, 4.69) is 5.32 Å². The second-order valence-electron chi connectivity index (χ2n) is 5.02. The topological polar surface area (TPSA) is 81.4 Å². The maximum absolute atomic E-state index is 12.8. The number of carbonyl (C=O) groups excluding carboxylic acids is 2. The third-order valence-corrected chi connectivity index (χ3v) is 3.28. The molecular weight excluding hydrogens is 299 g/mol. The molecule has 0 aromatic heterocycles. The van der Waals surface area contributed by atoms with Gasteiger partial charge in [-0.05, 0) is 36.2 Å².